The number of carbonyl (C=O) groups is 1. The average molecular weight is 583 g/mol. The first-order chi connectivity index (χ1) is 20.0. The molecule has 4 heterocycles. The summed E-state index contributed by atoms with van der Waals surface area (Å²) in [5.41, 5.74) is 4.05. The molecule has 41 heavy (non-hydrogen) atoms. The standard InChI is InChI=1S/C30H35ClN4O6/c31-21-13-22-28(35-29(33-22)41-24-15-39-26-23(36)14-38-27(24)26)34-25(21)18-7-5-16(6-8-18)17-9-11-19(12-10-17)32-30(37)40-20-3-1-2-4-20/h5-8,13,17,19-20,23-24,26-27,36H,1-4,9-12,14-15H2,(H,32,37)(H,33,34,35)/t17-,19-,23-,24-,26-,27-/m1/s1. The maximum atomic E-state index is 12.2. The molecule has 0 radical (unpaired) electrons. The van der Waals surface area contributed by atoms with Crippen LogP contribution in [0.2, 0.25) is 5.02 Å². The summed E-state index contributed by atoms with van der Waals surface area (Å²) in [6.07, 6.45) is 6.35. The highest BCUT2D eigenvalue weighted by atomic mass is 35.5. The molecule has 2 saturated carbocycles. The Labute approximate surface area is 243 Å². The van der Waals surface area contributed by atoms with Gasteiger partial charge in [0, 0.05) is 11.6 Å². The minimum atomic E-state index is -0.637. The molecular formula is C30H35ClN4O6. The first kappa shape index (κ1) is 26.9. The van der Waals surface area contributed by atoms with Crippen LogP contribution in [0.4, 0.5) is 4.79 Å². The number of rotatable bonds is 6. The van der Waals surface area contributed by atoms with Crippen LogP contribution in [-0.4, -0.2) is 75.9 Å². The molecule has 3 aromatic rings. The maximum Gasteiger partial charge on any atom is 0.407 e. The van der Waals surface area contributed by atoms with E-state index in [-0.39, 0.29) is 43.2 Å². The number of aliphatic hydroxyl groups is 1. The molecule has 11 heteroatoms. The maximum absolute atomic E-state index is 12.2. The van der Waals surface area contributed by atoms with Crippen molar-refractivity contribution in [2.24, 2.45) is 0 Å². The van der Waals surface area contributed by atoms with E-state index in [0.29, 0.717) is 40.4 Å². The highest BCUT2D eigenvalue weighted by Crippen LogP contribution is 2.36. The van der Waals surface area contributed by atoms with E-state index in [1.165, 1.54) is 5.56 Å². The second-order valence-electron chi connectivity index (χ2n) is 11.7. The Balaban J connectivity index is 0.971. The van der Waals surface area contributed by atoms with Gasteiger partial charge < -0.3 is 29.4 Å². The van der Waals surface area contributed by atoms with Crippen LogP contribution < -0.4 is 10.1 Å². The van der Waals surface area contributed by atoms with E-state index >= 15 is 0 Å². The quantitative estimate of drug-likeness (QED) is 0.375. The lowest BCUT2D eigenvalue weighted by molar-refractivity contribution is 0.00706. The molecule has 4 atom stereocenters. The zero-order valence-corrected chi connectivity index (χ0v) is 23.5. The molecule has 2 aliphatic heterocycles. The number of aromatic amines is 1. The van der Waals surface area contributed by atoms with E-state index in [1.54, 1.807) is 6.07 Å². The molecule has 2 saturated heterocycles. The van der Waals surface area contributed by atoms with Crippen LogP contribution in [0.25, 0.3) is 22.4 Å². The fraction of sp³-hybridized carbons (Fsp3) is 0.567. The van der Waals surface area contributed by atoms with Crippen molar-refractivity contribution in [2.75, 3.05) is 13.2 Å². The number of hydrogen-bond donors (Lipinski definition) is 3. The number of pyridine rings is 1. The van der Waals surface area contributed by atoms with Crippen molar-refractivity contribution in [1.82, 2.24) is 20.3 Å². The van der Waals surface area contributed by atoms with E-state index in [2.05, 4.69) is 39.6 Å². The van der Waals surface area contributed by atoms with Gasteiger partial charge in [-0.15, -0.1) is 0 Å². The minimum Gasteiger partial charge on any atom is -0.456 e. The summed E-state index contributed by atoms with van der Waals surface area (Å²) in [6, 6.07) is 10.7. The Bertz CT molecular complexity index is 1390. The number of aliphatic hydroxyl groups excluding tert-OH is 1. The van der Waals surface area contributed by atoms with Crippen molar-refractivity contribution in [3.63, 3.8) is 0 Å². The van der Waals surface area contributed by atoms with Crippen LogP contribution >= 0.6 is 11.6 Å². The minimum absolute atomic E-state index is 0.0925. The largest absolute Gasteiger partial charge is 0.456 e. The number of amides is 1. The first-order valence-corrected chi connectivity index (χ1v) is 15.1. The lowest BCUT2D eigenvalue weighted by atomic mass is 9.81. The van der Waals surface area contributed by atoms with Crippen LogP contribution in [0.15, 0.2) is 30.3 Å². The van der Waals surface area contributed by atoms with Gasteiger partial charge in [-0.25, -0.2) is 9.78 Å². The van der Waals surface area contributed by atoms with Gasteiger partial charge in [0.25, 0.3) is 6.01 Å². The number of ether oxygens (including phenoxy) is 4. The van der Waals surface area contributed by atoms with E-state index in [1.807, 2.05) is 0 Å². The normalized spacial score (nSPS) is 30.0. The number of benzene rings is 1. The fourth-order valence-corrected chi connectivity index (χ4v) is 6.94. The summed E-state index contributed by atoms with van der Waals surface area (Å²) in [6.45, 7) is 0.560. The zero-order chi connectivity index (χ0) is 27.9. The monoisotopic (exact) mass is 582 g/mol. The van der Waals surface area contributed by atoms with Gasteiger partial charge in [0.05, 0.1) is 23.9 Å². The first-order valence-electron chi connectivity index (χ1n) is 14.7. The zero-order valence-electron chi connectivity index (χ0n) is 22.8. The highest BCUT2D eigenvalue weighted by Gasteiger charge is 2.48. The molecule has 2 aromatic heterocycles. The van der Waals surface area contributed by atoms with Gasteiger partial charge in [0.15, 0.2) is 11.8 Å². The van der Waals surface area contributed by atoms with Crippen LogP contribution in [-0.2, 0) is 14.2 Å². The predicted molar refractivity (Wildman–Crippen MR) is 151 cm³/mol. The molecule has 0 spiro atoms. The lowest BCUT2D eigenvalue weighted by Gasteiger charge is -2.29. The van der Waals surface area contributed by atoms with E-state index in [9.17, 15) is 9.90 Å². The molecule has 3 N–H and O–H groups in total. The Hall–Kier alpha value is -2.92. The summed E-state index contributed by atoms with van der Waals surface area (Å²) in [7, 11) is 0. The summed E-state index contributed by atoms with van der Waals surface area (Å²) < 4.78 is 22.9. The summed E-state index contributed by atoms with van der Waals surface area (Å²) in [5.74, 6) is 0.454. The smallest absolute Gasteiger partial charge is 0.407 e. The average Bonchev–Trinajstić information content (AvgIpc) is 3.77. The third kappa shape index (κ3) is 5.62. The number of fused-ring (bicyclic) bond motifs is 2. The Morgan fingerprint density at radius 2 is 1.76 bits per heavy atom. The van der Waals surface area contributed by atoms with Gasteiger partial charge in [-0.1, -0.05) is 35.9 Å². The molecule has 1 aromatic carbocycles. The number of aromatic nitrogens is 3. The number of imidazole rings is 1. The van der Waals surface area contributed by atoms with Gasteiger partial charge in [0.1, 0.15) is 29.9 Å². The van der Waals surface area contributed by atoms with E-state index < -0.39 is 6.10 Å². The van der Waals surface area contributed by atoms with E-state index in [0.717, 1.165) is 56.9 Å². The van der Waals surface area contributed by atoms with Gasteiger partial charge in [-0.3, -0.25) is 4.98 Å². The second-order valence-corrected chi connectivity index (χ2v) is 12.1. The number of nitrogens with one attached hydrogen (secondary N) is 2. The number of alkyl carbamates (subject to hydrolysis) is 1. The summed E-state index contributed by atoms with van der Waals surface area (Å²) in [5, 5.41) is 13.5. The summed E-state index contributed by atoms with van der Waals surface area (Å²) in [4.78, 5) is 24.6. The molecular weight excluding hydrogens is 548 g/mol. The third-order valence-electron chi connectivity index (χ3n) is 8.93. The summed E-state index contributed by atoms with van der Waals surface area (Å²) >= 11 is 6.64. The van der Waals surface area contributed by atoms with E-state index in [4.69, 9.17) is 35.5 Å². The molecule has 10 nitrogen and oxygen atoms in total. The van der Waals surface area contributed by atoms with Gasteiger partial charge in [0.2, 0.25) is 0 Å². The van der Waals surface area contributed by atoms with Crippen molar-refractivity contribution in [3.05, 3.63) is 40.9 Å². The van der Waals surface area contributed by atoms with Crippen molar-refractivity contribution in [2.45, 2.75) is 93.8 Å². The molecule has 1 amide bonds. The Kier molecular flexibility index (Phi) is 7.49. The Morgan fingerprint density at radius 3 is 2.54 bits per heavy atom. The van der Waals surface area contributed by atoms with Crippen LogP contribution in [0.1, 0.15) is 62.8 Å². The molecule has 0 unspecified atom stereocenters. The topological polar surface area (TPSA) is 128 Å². The molecule has 0 bridgehead atoms. The van der Waals surface area contributed by atoms with Gasteiger partial charge >= 0.3 is 6.09 Å². The molecule has 218 valence electrons. The van der Waals surface area contributed by atoms with Crippen LogP contribution in [0.5, 0.6) is 6.01 Å². The van der Waals surface area contributed by atoms with Crippen molar-refractivity contribution in [1.29, 1.82) is 0 Å². The van der Waals surface area contributed by atoms with Crippen molar-refractivity contribution < 1.29 is 28.8 Å². The molecule has 7 rings (SSSR count). The SMILES string of the molecule is O=C(N[C@H]1CC[C@H](c2ccc(-c3nc4[nH]c(O[C@@H]5CO[C@H]6[C@@H]5OC[C@H]6O)nc4cc3Cl)cc2)CC1)OC1CCCC1. The molecule has 2 aliphatic carbocycles. The lowest BCUT2D eigenvalue weighted by Crippen LogP contribution is -2.38. The number of halogens is 1. The van der Waals surface area contributed by atoms with Crippen LogP contribution in [0, 0.1) is 0 Å². The second kappa shape index (κ2) is 11.4. The molecule has 4 aliphatic rings. The number of carbonyl (C=O) groups excluding carboxylic acids is 1. The van der Waals surface area contributed by atoms with Crippen molar-refractivity contribution in [3.8, 4) is 17.3 Å². The number of nitrogens with zero attached hydrogens (tertiary/aromatic N) is 2. The number of H-pyrrole nitrogens is 1. The highest BCUT2D eigenvalue weighted by molar-refractivity contribution is 6.33. The van der Waals surface area contributed by atoms with Gasteiger partial charge in [-0.05, 0) is 68.9 Å². The fourth-order valence-electron chi connectivity index (χ4n) is 6.68. The molecule has 4 fully saturated rings. The third-order valence-corrected chi connectivity index (χ3v) is 9.22. The van der Waals surface area contributed by atoms with Crippen molar-refractivity contribution >= 4 is 28.9 Å². The predicted octanol–water partition coefficient (Wildman–Crippen LogP) is 4.88. The van der Waals surface area contributed by atoms with Gasteiger partial charge in [-0.2, -0.15) is 4.98 Å². The van der Waals surface area contributed by atoms with Crippen LogP contribution in [0.3, 0.4) is 0 Å². The Morgan fingerprint density at radius 1 is 1.00 bits per heavy atom. The number of hydrogen-bond acceptors (Lipinski definition) is 8.